The van der Waals surface area contributed by atoms with Gasteiger partial charge in [0.25, 0.3) is 0 Å². The molecular formula is C13H18IN. The first-order valence-electron chi connectivity index (χ1n) is 5.51. The molecule has 2 heteroatoms. The van der Waals surface area contributed by atoms with E-state index in [2.05, 4.69) is 72.7 Å². The van der Waals surface area contributed by atoms with Crippen molar-refractivity contribution < 1.29 is 0 Å². The van der Waals surface area contributed by atoms with Gasteiger partial charge in [0.2, 0.25) is 0 Å². The maximum Gasteiger partial charge on any atom is 0.0321 e. The van der Waals surface area contributed by atoms with Crippen molar-refractivity contribution in [2.24, 2.45) is 0 Å². The smallest absolute Gasteiger partial charge is 0.0321 e. The van der Waals surface area contributed by atoms with Crippen LogP contribution >= 0.6 is 22.6 Å². The Kier molecular flexibility index (Phi) is 3.36. The number of likely N-dealkylation sites (N-methyl/N-ethyl adjacent to an activating group) is 1. The van der Waals surface area contributed by atoms with Gasteiger partial charge in [-0.1, -0.05) is 46.9 Å². The van der Waals surface area contributed by atoms with Crippen molar-refractivity contribution in [1.82, 2.24) is 4.90 Å². The third-order valence-corrected chi connectivity index (χ3v) is 4.78. The molecule has 1 fully saturated rings. The van der Waals surface area contributed by atoms with Gasteiger partial charge in [-0.15, -0.1) is 0 Å². The maximum absolute atomic E-state index is 2.60. The zero-order chi connectivity index (χ0) is 11.0. The second-order valence-electron chi connectivity index (χ2n) is 4.58. The predicted molar refractivity (Wildman–Crippen MR) is 73.8 cm³/mol. The molecule has 1 nitrogen and oxygen atoms in total. The van der Waals surface area contributed by atoms with E-state index in [1.54, 1.807) is 0 Å². The highest BCUT2D eigenvalue weighted by molar-refractivity contribution is 14.1. The number of halogens is 1. The number of benzene rings is 1. The Hall–Kier alpha value is -0.0900. The number of rotatable bonds is 1. The Labute approximate surface area is 106 Å². The summed E-state index contributed by atoms with van der Waals surface area (Å²) in [5.74, 6) is 0.691. The van der Waals surface area contributed by atoms with Crippen LogP contribution in [0, 0.1) is 6.92 Å². The molecule has 0 amide bonds. The number of aryl methyl sites for hydroxylation is 1. The molecule has 0 saturated carbocycles. The lowest BCUT2D eigenvalue weighted by Crippen LogP contribution is -2.25. The molecule has 0 aliphatic carbocycles. The molecule has 0 N–H and O–H groups in total. The first-order chi connectivity index (χ1) is 7.11. The number of hydrogen-bond acceptors (Lipinski definition) is 1. The molecule has 1 aliphatic heterocycles. The van der Waals surface area contributed by atoms with Gasteiger partial charge in [-0.2, -0.15) is 0 Å². The van der Waals surface area contributed by atoms with Crippen molar-refractivity contribution in [3.63, 3.8) is 0 Å². The summed E-state index contributed by atoms with van der Waals surface area (Å²) in [5, 5.41) is 0. The Bertz CT molecular complexity index is 350. The normalized spacial score (nSPS) is 32.1. The molecule has 1 aliphatic rings. The topological polar surface area (TPSA) is 3.24 Å². The maximum atomic E-state index is 2.60. The van der Waals surface area contributed by atoms with E-state index in [0.29, 0.717) is 12.0 Å². The molecule has 15 heavy (non-hydrogen) atoms. The minimum Gasteiger partial charge on any atom is -0.302 e. The summed E-state index contributed by atoms with van der Waals surface area (Å²) in [4.78, 5) is 2.47. The minimum absolute atomic E-state index is 0.660. The van der Waals surface area contributed by atoms with E-state index in [1.165, 1.54) is 17.7 Å². The van der Waals surface area contributed by atoms with Gasteiger partial charge in [-0.3, -0.25) is 0 Å². The van der Waals surface area contributed by atoms with Gasteiger partial charge in [0.1, 0.15) is 0 Å². The van der Waals surface area contributed by atoms with Crippen molar-refractivity contribution in [2.45, 2.75) is 29.7 Å². The molecule has 0 radical (unpaired) electrons. The van der Waals surface area contributed by atoms with Gasteiger partial charge in [0.15, 0.2) is 0 Å². The van der Waals surface area contributed by atoms with Crippen LogP contribution < -0.4 is 0 Å². The van der Waals surface area contributed by atoms with Crippen LogP contribution in [0.2, 0.25) is 0 Å². The summed E-state index contributed by atoms with van der Waals surface area (Å²) in [6.45, 7) is 5.78. The Balaban J connectivity index is 2.35. The Morgan fingerprint density at radius 1 is 1.33 bits per heavy atom. The van der Waals surface area contributed by atoms with Crippen LogP contribution in [0.25, 0.3) is 0 Å². The summed E-state index contributed by atoms with van der Waals surface area (Å²) in [6.07, 6.45) is 0. The van der Waals surface area contributed by atoms with Crippen LogP contribution in [-0.2, 0) is 0 Å². The highest BCUT2D eigenvalue weighted by Gasteiger charge is 2.36. The number of alkyl halides is 1. The molecule has 1 saturated heterocycles. The van der Waals surface area contributed by atoms with Gasteiger partial charge < -0.3 is 4.90 Å². The lowest BCUT2D eigenvalue weighted by molar-refractivity contribution is 0.318. The van der Waals surface area contributed by atoms with Crippen LogP contribution in [0.3, 0.4) is 0 Å². The van der Waals surface area contributed by atoms with Gasteiger partial charge in [0.05, 0.1) is 0 Å². The van der Waals surface area contributed by atoms with Crippen LogP contribution in [0.1, 0.15) is 24.0 Å². The highest BCUT2D eigenvalue weighted by atomic mass is 127. The van der Waals surface area contributed by atoms with E-state index in [-0.39, 0.29) is 0 Å². The summed E-state index contributed by atoms with van der Waals surface area (Å²) >= 11 is 2.60. The van der Waals surface area contributed by atoms with Crippen LogP contribution in [-0.4, -0.2) is 28.5 Å². The van der Waals surface area contributed by atoms with Crippen LogP contribution in [0.5, 0.6) is 0 Å². The average Bonchev–Trinajstić information content (AvgIpc) is 2.43. The lowest BCUT2D eigenvalue weighted by atomic mass is 9.89. The van der Waals surface area contributed by atoms with Gasteiger partial charge in [-0.25, -0.2) is 0 Å². The van der Waals surface area contributed by atoms with Crippen molar-refractivity contribution in [3.8, 4) is 0 Å². The average molecular weight is 315 g/mol. The van der Waals surface area contributed by atoms with Crippen LogP contribution in [0.15, 0.2) is 24.3 Å². The molecule has 3 unspecified atom stereocenters. The second kappa shape index (κ2) is 4.42. The molecule has 0 bridgehead atoms. The lowest BCUT2D eigenvalue weighted by Gasteiger charge is -2.23. The highest BCUT2D eigenvalue weighted by Crippen LogP contribution is 2.38. The van der Waals surface area contributed by atoms with Crippen molar-refractivity contribution in [2.75, 3.05) is 13.6 Å². The molecule has 1 aromatic carbocycles. The fraction of sp³-hybridized carbons (Fsp3) is 0.538. The van der Waals surface area contributed by atoms with Gasteiger partial charge >= 0.3 is 0 Å². The molecule has 0 aromatic heterocycles. The summed E-state index contributed by atoms with van der Waals surface area (Å²) in [7, 11) is 2.23. The van der Waals surface area contributed by atoms with Crippen LogP contribution in [0.4, 0.5) is 0 Å². The number of nitrogens with zero attached hydrogens (tertiary/aromatic N) is 1. The molecule has 3 atom stereocenters. The number of likely N-dealkylation sites (tertiary alicyclic amines) is 1. The molecule has 2 rings (SSSR count). The number of hydrogen-bond donors (Lipinski definition) is 0. The monoisotopic (exact) mass is 315 g/mol. The van der Waals surface area contributed by atoms with Crippen molar-refractivity contribution >= 4 is 22.6 Å². The standard InChI is InChI=1S/C13H18IN/c1-9-6-4-5-7-11(9)13-10(2)15(3)8-12(13)14/h4-7,10,12-13H,8H2,1-3H3. The summed E-state index contributed by atoms with van der Waals surface area (Å²) in [6, 6.07) is 9.47. The van der Waals surface area contributed by atoms with Gasteiger partial charge in [0, 0.05) is 22.4 Å². The fourth-order valence-corrected chi connectivity index (χ4v) is 4.16. The quantitative estimate of drug-likeness (QED) is 0.568. The Morgan fingerprint density at radius 2 is 2.00 bits per heavy atom. The third-order valence-electron chi connectivity index (χ3n) is 3.61. The Morgan fingerprint density at radius 3 is 2.53 bits per heavy atom. The van der Waals surface area contributed by atoms with Gasteiger partial charge in [-0.05, 0) is 32.0 Å². The first-order valence-corrected chi connectivity index (χ1v) is 6.75. The zero-order valence-electron chi connectivity index (χ0n) is 9.57. The van der Waals surface area contributed by atoms with E-state index < -0.39 is 0 Å². The van der Waals surface area contributed by atoms with Crippen molar-refractivity contribution in [3.05, 3.63) is 35.4 Å². The summed E-state index contributed by atoms with van der Waals surface area (Å²) < 4.78 is 0.740. The predicted octanol–water partition coefficient (Wildman–Crippen LogP) is 3.22. The van der Waals surface area contributed by atoms with E-state index in [0.717, 1.165) is 3.92 Å². The molecule has 0 spiro atoms. The van der Waals surface area contributed by atoms with E-state index in [4.69, 9.17) is 0 Å². The fourth-order valence-electron chi connectivity index (χ4n) is 2.55. The van der Waals surface area contributed by atoms with E-state index >= 15 is 0 Å². The molecule has 82 valence electrons. The summed E-state index contributed by atoms with van der Waals surface area (Å²) in [5.41, 5.74) is 2.97. The SMILES string of the molecule is Cc1ccccc1C1C(I)CN(C)C1C. The largest absolute Gasteiger partial charge is 0.302 e. The van der Waals surface area contributed by atoms with E-state index in [9.17, 15) is 0 Å². The minimum atomic E-state index is 0.660. The molecular weight excluding hydrogens is 297 g/mol. The zero-order valence-corrected chi connectivity index (χ0v) is 11.7. The molecule has 1 aromatic rings. The second-order valence-corrected chi connectivity index (χ2v) is 6.18. The van der Waals surface area contributed by atoms with Crippen molar-refractivity contribution in [1.29, 1.82) is 0 Å². The molecule has 1 heterocycles. The van der Waals surface area contributed by atoms with E-state index in [1.807, 2.05) is 0 Å². The first kappa shape index (κ1) is 11.4. The third kappa shape index (κ3) is 2.07.